The molecule has 1 amide bonds. The smallest absolute Gasteiger partial charge is 0.221 e. The Morgan fingerprint density at radius 1 is 1.04 bits per heavy atom. The molecule has 23 heavy (non-hydrogen) atoms. The average Bonchev–Trinajstić information content (AvgIpc) is 2.57. The van der Waals surface area contributed by atoms with Crippen LogP contribution >= 0.6 is 11.6 Å². The van der Waals surface area contributed by atoms with E-state index < -0.39 is 0 Å². The van der Waals surface area contributed by atoms with Crippen LogP contribution in [0.4, 0.5) is 5.69 Å². The predicted octanol–water partition coefficient (Wildman–Crippen LogP) is 3.51. The van der Waals surface area contributed by atoms with E-state index in [1.54, 1.807) is 7.11 Å². The first-order valence-corrected chi connectivity index (χ1v) is 7.94. The second-order valence-electron chi connectivity index (χ2n) is 5.13. The van der Waals surface area contributed by atoms with Gasteiger partial charge in [-0.3, -0.25) is 4.79 Å². The van der Waals surface area contributed by atoms with Gasteiger partial charge in [-0.05, 0) is 48.4 Å². The van der Waals surface area contributed by atoms with Gasteiger partial charge in [-0.1, -0.05) is 23.7 Å². The molecule has 2 aromatic rings. The molecule has 0 radical (unpaired) electrons. The van der Waals surface area contributed by atoms with Gasteiger partial charge in [0, 0.05) is 30.2 Å². The number of amides is 1. The summed E-state index contributed by atoms with van der Waals surface area (Å²) in [6.07, 6.45) is 1.24. The number of halogens is 1. The molecule has 0 saturated heterocycles. The van der Waals surface area contributed by atoms with Crippen molar-refractivity contribution in [2.24, 2.45) is 0 Å². The van der Waals surface area contributed by atoms with Gasteiger partial charge >= 0.3 is 0 Å². The summed E-state index contributed by atoms with van der Waals surface area (Å²) in [6, 6.07) is 15.3. The minimum absolute atomic E-state index is 0.0416. The fourth-order valence-corrected chi connectivity index (χ4v) is 2.24. The largest absolute Gasteiger partial charge is 0.497 e. The van der Waals surface area contributed by atoms with Gasteiger partial charge in [-0.25, -0.2) is 0 Å². The third kappa shape index (κ3) is 6.20. The van der Waals surface area contributed by atoms with E-state index >= 15 is 0 Å². The summed E-state index contributed by atoms with van der Waals surface area (Å²) in [4.78, 5) is 11.8. The predicted molar refractivity (Wildman–Crippen MR) is 94.3 cm³/mol. The third-order valence-corrected chi connectivity index (χ3v) is 3.67. The first kappa shape index (κ1) is 17.2. The molecular formula is C18H21ClN2O2. The van der Waals surface area contributed by atoms with Crippen LogP contribution in [-0.2, 0) is 11.2 Å². The molecule has 4 nitrogen and oxygen atoms in total. The number of rotatable bonds is 8. The van der Waals surface area contributed by atoms with E-state index in [1.165, 1.54) is 5.56 Å². The van der Waals surface area contributed by atoms with Crippen molar-refractivity contribution in [3.05, 3.63) is 59.1 Å². The van der Waals surface area contributed by atoms with Crippen molar-refractivity contribution in [2.45, 2.75) is 12.8 Å². The lowest BCUT2D eigenvalue weighted by atomic mass is 10.1. The number of anilines is 1. The van der Waals surface area contributed by atoms with Crippen molar-refractivity contribution in [3.63, 3.8) is 0 Å². The quantitative estimate of drug-likeness (QED) is 0.777. The highest BCUT2D eigenvalue weighted by Gasteiger charge is 2.01. The summed E-state index contributed by atoms with van der Waals surface area (Å²) in [7, 11) is 1.65. The Balaban J connectivity index is 1.62. The molecule has 0 fully saturated rings. The number of methoxy groups -OCH3 is 1. The first-order chi connectivity index (χ1) is 11.2. The third-order valence-electron chi connectivity index (χ3n) is 3.42. The van der Waals surface area contributed by atoms with E-state index in [9.17, 15) is 4.79 Å². The Morgan fingerprint density at radius 2 is 1.74 bits per heavy atom. The van der Waals surface area contributed by atoms with Gasteiger partial charge in [0.25, 0.3) is 0 Å². The number of benzene rings is 2. The Kier molecular flexibility index (Phi) is 6.76. The average molecular weight is 333 g/mol. The summed E-state index contributed by atoms with van der Waals surface area (Å²) < 4.78 is 5.12. The standard InChI is InChI=1S/C18H21ClN2O2/c1-23-17-8-2-14(3-9-17)10-12-21-18(22)11-13-20-16-6-4-15(19)5-7-16/h2-9,20H,10-13H2,1H3,(H,21,22). The minimum atomic E-state index is 0.0416. The zero-order valence-electron chi connectivity index (χ0n) is 13.1. The molecule has 0 unspecified atom stereocenters. The van der Waals surface area contributed by atoms with Crippen molar-refractivity contribution < 1.29 is 9.53 Å². The van der Waals surface area contributed by atoms with Gasteiger partial charge in [0.2, 0.25) is 5.91 Å². The molecule has 122 valence electrons. The zero-order valence-corrected chi connectivity index (χ0v) is 13.9. The number of carbonyl (C=O) groups excluding carboxylic acids is 1. The first-order valence-electron chi connectivity index (χ1n) is 7.56. The van der Waals surface area contributed by atoms with E-state index in [0.717, 1.165) is 17.9 Å². The molecular weight excluding hydrogens is 312 g/mol. The van der Waals surface area contributed by atoms with E-state index in [0.29, 0.717) is 24.5 Å². The van der Waals surface area contributed by atoms with Crippen molar-refractivity contribution >= 4 is 23.2 Å². The van der Waals surface area contributed by atoms with Crippen LogP contribution in [0.5, 0.6) is 5.75 Å². The molecule has 0 saturated carbocycles. The molecule has 0 aliphatic carbocycles. The highest BCUT2D eigenvalue weighted by molar-refractivity contribution is 6.30. The maximum atomic E-state index is 11.8. The number of ether oxygens (including phenoxy) is 1. The van der Waals surface area contributed by atoms with Gasteiger partial charge in [-0.15, -0.1) is 0 Å². The van der Waals surface area contributed by atoms with Gasteiger partial charge < -0.3 is 15.4 Å². The molecule has 0 atom stereocenters. The van der Waals surface area contributed by atoms with Crippen molar-refractivity contribution in [3.8, 4) is 5.75 Å². The van der Waals surface area contributed by atoms with Crippen LogP contribution in [0.2, 0.25) is 5.02 Å². The van der Waals surface area contributed by atoms with Crippen LogP contribution in [-0.4, -0.2) is 26.1 Å². The lowest BCUT2D eigenvalue weighted by molar-refractivity contribution is -0.120. The summed E-state index contributed by atoms with van der Waals surface area (Å²) >= 11 is 5.82. The molecule has 0 aliphatic heterocycles. The number of hydrogen-bond donors (Lipinski definition) is 2. The second-order valence-corrected chi connectivity index (χ2v) is 5.57. The highest BCUT2D eigenvalue weighted by Crippen LogP contribution is 2.13. The molecule has 2 aromatic carbocycles. The van der Waals surface area contributed by atoms with Crippen LogP contribution in [0.3, 0.4) is 0 Å². The molecule has 2 N–H and O–H groups in total. The van der Waals surface area contributed by atoms with E-state index in [4.69, 9.17) is 16.3 Å². The summed E-state index contributed by atoms with van der Waals surface area (Å²) in [5.74, 6) is 0.881. The Bertz CT molecular complexity index is 612. The molecule has 0 spiro atoms. The molecule has 0 bridgehead atoms. The number of carbonyl (C=O) groups is 1. The van der Waals surface area contributed by atoms with Gasteiger partial charge in [0.1, 0.15) is 5.75 Å². The topological polar surface area (TPSA) is 50.4 Å². The zero-order chi connectivity index (χ0) is 16.5. The second kappa shape index (κ2) is 9.06. The maximum Gasteiger partial charge on any atom is 0.221 e. The number of hydrogen-bond acceptors (Lipinski definition) is 3. The van der Waals surface area contributed by atoms with Crippen molar-refractivity contribution in [1.82, 2.24) is 5.32 Å². The van der Waals surface area contributed by atoms with Crippen LogP contribution in [0.1, 0.15) is 12.0 Å². The van der Waals surface area contributed by atoms with Crippen LogP contribution in [0, 0.1) is 0 Å². The Hall–Kier alpha value is -2.20. The lowest BCUT2D eigenvalue weighted by Gasteiger charge is -2.08. The van der Waals surface area contributed by atoms with Gasteiger partial charge in [0.05, 0.1) is 7.11 Å². The van der Waals surface area contributed by atoms with Crippen LogP contribution in [0.25, 0.3) is 0 Å². The molecule has 0 aromatic heterocycles. The van der Waals surface area contributed by atoms with Gasteiger partial charge in [-0.2, -0.15) is 0 Å². The lowest BCUT2D eigenvalue weighted by Crippen LogP contribution is -2.27. The fourth-order valence-electron chi connectivity index (χ4n) is 2.11. The monoisotopic (exact) mass is 332 g/mol. The summed E-state index contributed by atoms with van der Waals surface area (Å²) in [5.41, 5.74) is 2.13. The van der Waals surface area contributed by atoms with Crippen molar-refractivity contribution in [2.75, 3.05) is 25.5 Å². The van der Waals surface area contributed by atoms with E-state index in [1.807, 2.05) is 48.5 Å². The van der Waals surface area contributed by atoms with Crippen molar-refractivity contribution in [1.29, 1.82) is 0 Å². The molecule has 0 heterocycles. The Morgan fingerprint density at radius 3 is 2.39 bits per heavy atom. The molecule has 2 rings (SSSR count). The normalized spacial score (nSPS) is 10.2. The Labute approximate surface area is 141 Å². The van der Waals surface area contributed by atoms with E-state index in [-0.39, 0.29) is 5.91 Å². The molecule has 5 heteroatoms. The fraction of sp³-hybridized carbons (Fsp3) is 0.278. The highest BCUT2D eigenvalue weighted by atomic mass is 35.5. The van der Waals surface area contributed by atoms with Crippen LogP contribution in [0.15, 0.2) is 48.5 Å². The van der Waals surface area contributed by atoms with Crippen LogP contribution < -0.4 is 15.4 Å². The van der Waals surface area contributed by atoms with Gasteiger partial charge in [0.15, 0.2) is 0 Å². The number of nitrogens with one attached hydrogen (secondary N) is 2. The summed E-state index contributed by atoms with van der Waals surface area (Å²) in [6.45, 7) is 1.22. The maximum absolute atomic E-state index is 11.8. The molecule has 0 aliphatic rings. The van der Waals surface area contributed by atoms with E-state index in [2.05, 4.69) is 10.6 Å². The SMILES string of the molecule is COc1ccc(CCNC(=O)CCNc2ccc(Cl)cc2)cc1. The summed E-state index contributed by atoms with van der Waals surface area (Å²) in [5, 5.41) is 6.81. The minimum Gasteiger partial charge on any atom is -0.497 e.